The summed E-state index contributed by atoms with van der Waals surface area (Å²) in [5, 5.41) is 4.15. The fourth-order valence-electron chi connectivity index (χ4n) is 4.97. The van der Waals surface area contributed by atoms with E-state index in [-0.39, 0.29) is 0 Å². The van der Waals surface area contributed by atoms with Crippen molar-refractivity contribution in [2.45, 2.75) is 101 Å². The topological polar surface area (TPSA) is 12.0 Å². The minimum Gasteiger partial charge on any atom is -0.311 e. The van der Waals surface area contributed by atoms with Crippen LogP contribution >= 0.6 is 0 Å². The minimum atomic E-state index is 0.651. The van der Waals surface area contributed by atoms with Crippen LogP contribution in [0.3, 0.4) is 0 Å². The van der Waals surface area contributed by atoms with Gasteiger partial charge in [-0.25, -0.2) is 0 Å². The van der Waals surface area contributed by atoms with Gasteiger partial charge < -0.3 is 5.32 Å². The molecule has 1 nitrogen and oxygen atoms in total. The Hall–Kier alpha value is -1.34. The Morgan fingerprint density at radius 2 is 1.00 bits per heavy atom. The van der Waals surface area contributed by atoms with Crippen molar-refractivity contribution in [2.24, 2.45) is 0 Å². The fourth-order valence-corrected chi connectivity index (χ4v) is 4.97. The molecule has 0 heterocycles. The quantitative estimate of drug-likeness (QED) is 0.591. The molecule has 2 unspecified atom stereocenters. The van der Waals surface area contributed by atoms with Gasteiger partial charge in [-0.1, -0.05) is 112 Å². The Kier molecular flexibility index (Phi) is 9.20. The van der Waals surface area contributed by atoms with Gasteiger partial charge in [0, 0.05) is 12.1 Å². The average Bonchev–Trinajstić information content (AvgIpc) is 2.71. The van der Waals surface area contributed by atoms with Crippen molar-refractivity contribution < 1.29 is 0 Å². The number of hydrogen-bond donors (Lipinski definition) is 1. The van der Waals surface area contributed by atoms with Crippen molar-refractivity contribution in [3.8, 4) is 0 Å². The predicted octanol–water partition coefficient (Wildman–Crippen LogP) is 7.32. The molecule has 148 valence electrons. The van der Waals surface area contributed by atoms with Crippen LogP contribution in [-0.4, -0.2) is 12.1 Å². The monoisotopic (exact) mass is 365 g/mol. The molecule has 0 aromatic heterocycles. The van der Waals surface area contributed by atoms with Crippen LogP contribution in [0.2, 0.25) is 0 Å². The molecule has 1 heteroatoms. The molecule has 1 aromatic carbocycles. The van der Waals surface area contributed by atoms with Gasteiger partial charge in [0.25, 0.3) is 0 Å². The lowest BCUT2D eigenvalue weighted by Crippen LogP contribution is -2.43. The minimum absolute atomic E-state index is 0.651. The van der Waals surface area contributed by atoms with Crippen molar-refractivity contribution in [1.82, 2.24) is 5.32 Å². The van der Waals surface area contributed by atoms with Crippen LogP contribution in [0.5, 0.6) is 0 Å². The second-order valence-corrected chi connectivity index (χ2v) is 8.59. The van der Waals surface area contributed by atoms with E-state index in [1.165, 1.54) is 89.0 Å². The Balaban J connectivity index is 1.70. The molecule has 2 fully saturated rings. The van der Waals surface area contributed by atoms with E-state index in [9.17, 15) is 0 Å². The van der Waals surface area contributed by atoms with E-state index >= 15 is 0 Å². The van der Waals surface area contributed by atoms with E-state index < -0.39 is 0 Å². The molecule has 3 rings (SSSR count). The zero-order chi connectivity index (χ0) is 18.6. The Morgan fingerprint density at radius 1 is 0.519 bits per heavy atom. The second-order valence-electron chi connectivity index (χ2n) is 8.59. The van der Waals surface area contributed by atoms with E-state index in [1.54, 1.807) is 0 Å². The maximum absolute atomic E-state index is 4.15. The highest BCUT2D eigenvalue weighted by Crippen LogP contribution is 2.33. The molecule has 2 saturated carbocycles. The second kappa shape index (κ2) is 12.2. The van der Waals surface area contributed by atoms with E-state index in [0.717, 1.165) is 6.04 Å². The van der Waals surface area contributed by atoms with Crippen molar-refractivity contribution in [1.29, 1.82) is 0 Å². The highest BCUT2D eigenvalue weighted by atomic mass is 15.0. The largest absolute Gasteiger partial charge is 0.311 e. The predicted molar refractivity (Wildman–Crippen MR) is 118 cm³/mol. The van der Waals surface area contributed by atoms with Crippen LogP contribution in [0, 0.1) is 0 Å². The lowest BCUT2D eigenvalue weighted by Gasteiger charge is -2.36. The molecule has 1 N–H and O–H groups in total. The summed E-state index contributed by atoms with van der Waals surface area (Å²) in [7, 11) is 0. The third kappa shape index (κ3) is 7.30. The van der Waals surface area contributed by atoms with Gasteiger partial charge in [0.2, 0.25) is 0 Å². The summed E-state index contributed by atoms with van der Waals surface area (Å²) in [4.78, 5) is 0. The maximum Gasteiger partial charge on any atom is 0.0138 e. The highest BCUT2D eigenvalue weighted by molar-refractivity contribution is 5.20. The van der Waals surface area contributed by atoms with Gasteiger partial charge in [-0.2, -0.15) is 0 Å². The van der Waals surface area contributed by atoms with E-state index in [2.05, 4.69) is 59.9 Å². The van der Waals surface area contributed by atoms with Crippen LogP contribution in [0.1, 0.15) is 95.0 Å². The molecule has 1 aromatic rings. The van der Waals surface area contributed by atoms with E-state index in [1.807, 2.05) is 0 Å². The summed E-state index contributed by atoms with van der Waals surface area (Å²) in [6, 6.07) is 21.1. The summed E-state index contributed by atoms with van der Waals surface area (Å²) in [5.74, 6) is 0.659. The Bertz CT molecular complexity index is 545. The molecule has 0 radical (unpaired) electrons. The zero-order valence-corrected chi connectivity index (χ0v) is 17.1. The van der Waals surface area contributed by atoms with Gasteiger partial charge in [0.05, 0.1) is 0 Å². The number of hydrogen-bond acceptors (Lipinski definition) is 1. The lowest BCUT2D eigenvalue weighted by molar-refractivity contribution is 0.276. The first-order valence-corrected chi connectivity index (χ1v) is 11.6. The molecular weight excluding hydrogens is 326 g/mol. The van der Waals surface area contributed by atoms with Gasteiger partial charge >= 0.3 is 0 Å². The maximum atomic E-state index is 4.15. The van der Waals surface area contributed by atoms with Gasteiger partial charge in [-0.05, 0) is 37.2 Å². The molecule has 0 saturated heterocycles. The van der Waals surface area contributed by atoms with Crippen LogP contribution in [0.15, 0.2) is 54.6 Å². The van der Waals surface area contributed by atoms with Gasteiger partial charge in [-0.15, -0.1) is 0 Å². The third-order valence-electron chi connectivity index (χ3n) is 6.49. The average molecular weight is 366 g/mol. The van der Waals surface area contributed by atoms with Gasteiger partial charge in [0.15, 0.2) is 0 Å². The first-order chi connectivity index (χ1) is 13.4. The van der Waals surface area contributed by atoms with Crippen LogP contribution in [0.4, 0.5) is 0 Å². The lowest BCUT2D eigenvalue weighted by atomic mass is 9.79. The molecule has 0 aliphatic heterocycles. The highest BCUT2D eigenvalue weighted by Gasteiger charge is 2.27. The molecular formula is C26H39N. The standard InChI is InChI=1S/C26H39N/c1-3-7-11-17-23(18-12-8-4-1)25-21-15-16-22-26(25)27-24-19-13-9-5-2-6-10-14-20-24/h1,3-4,7-8,11-12,17-18,24-27H,2,5-6,9-10,13-16,19-22H2. The summed E-state index contributed by atoms with van der Waals surface area (Å²) < 4.78 is 0. The van der Waals surface area contributed by atoms with Crippen molar-refractivity contribution in [2.75, 3.05) is 0 Å². The Morgan fingerprint density at radius 3 is 1.63 bits per heavy atom. The Labute approximate surface area is 167 Å². The fraction of sp³-hybridized carbons (Fsp3) is 0.615. The molecule has 2 aliphatic rings. The summed E-state index contributed by atoms with van der Waals surface area (Å²) in [5.41, 5.74) is 1.50. The zero-order valence-electron chi connectivity index (χ0n) is 17.1. The first kappa shape index (κ1) is 20.4. The number of nitrogens with one attached hydrogen (secondary N) is 1. The van der Waals surface area contributed by atoms with Crippen LogP contribution in [0.25, 0.3) is 0 Å². The van der Waals surface area contributed by atoms with Crippen LogP contribution < -0.4 is 5.32 Å². The molecule has 2 aliphatic carbocycles. The molecule has 0 spiro atoms. The van der Waals surface area contributed by atoms with E-state index in [0.29, 0.717) is 12.0 Å². The summed E-state index contributed by atoms with van der Waals surface area (Å²) in [6.45, 7) is 0. The summed E-state index contributed by atoms with van der Waals surface area (Å²) >= 11 is 0. The molecule has 2 atom stereocenters. The van der Waals surface area contributed by atoms with Crippen molar-refractivity contribution >= 4 is 0 Å². The van der Waals surface area contributed by atoms with Crippen molar-refractivity contribution in [3.63, 3.8) is 0 Å². The first-order valence-electron chi connectivity index (χ1n) is 11.6. The third-order valence-corrected chi connectivity index (χ3v) is 6.49. The van der Waals surface area contributed by atoms with Crippen molar-refractivity contribution in [3.05, 3.63) is 60.2 Å². The molecule has 0 bridgehead atoms. The SMILES string of the molecule is c1ccccc(C2CCCCC2NC2CCCCCCCCC2)cccc1. The van der Waals surface area contributed by atoms with Crippen LogP contribution in [-0.2, 0) is 0 Å². The molecule has 0 amide bonds. The normalized spacial score (nSPS) is 25.3. The van der Waals surface area contributed by atoms with Gasteiger partial charge in [0.1, 0.15) is 0 Å². The van der Waals surface area contributed by atoms with E-state index in [4.69, 9.17) is 0 Å². The number of rotatable bonds is 3. The van der Waals surface area contributed by atoms with Gasteiger partial charge in [-0.3, -0.25) is 0 Å². The molecule has 27 heavy (non-hydrogen) atoms. The summed E-state index contributed by atoms with van der Waals surface area (Å²) in [6.07, 6.45) is 18.2. The smallest absolute Gasteiger partial charge is 0.0138 e.